The van der Waals surface area contributed by atoms with Crippen LogP contribution in [0.4, 0.5) is 4.79 Å². The highest BCUT2D eigenvalue weighted by Crippen LogP contribution is 2.34. The van der Waals surface area contributed by atoms with E-state index in [1.807, 2.05) is 12.1 Å². The first-order chi connectivity index (χ1) is 8.22. The minimum Gasteiger partial charge on any atom is -0.497 e. The van der Waals surface area contributed by atoms with Crippen molar-refractivity contribution in [2.24, 2.45) is 5.92 Å². The lowest BCUT2D eigenvalue weighted by molar-refractivity contribution is 0.170. The van der Waals surface area contributed by atoms with Gasteiger partial charge in [0.25, 0.3) is 0 Å². The number of methoxy groups -OCH3 is 2. The van der Waals surface area contributed by atoms with E-state index in [2.05, 4.69) is 22.2 Å². The fourth-order valence-electron chi connectivity index (χ4n) is 1.92. The number of nitrogens with one attached hydrogen (secondary N) is 1. The van der Waals surface area contributed by atoms with Crippen molar-refractivity contribution in [1.29, 1.82) is 0 Å². The Labute approximate surface area is 101 Å². The summed E-state index contributed by atoms with van der Waals surface area (Å²) in [5.41, 5.74) is 1.27. The van der Waals surface area contributed by atoms with Gasteiger partial charge in [-0.15, -0.1) is 0 Å². The molecule has 0 radical (unpaired) electrons. The SMILES string of the molecule is COC(=O)N[C@H]1C[C@H]1Cc1ccc(OC)cc1. The molecule has 1 aromatic carbocycles. The van der Waals surface area contributed by atoms with Crippen LogP contribution in [0, 0.1) is 5.92 Å². The third-order valence-corrected chi connectivity index (χ3v) is 3.07. The topological polar surface area (TPSA) is 47.6 Å². The van der Waals surface area contributed by atoms with Gasteiger partial charge in [-0.3, -0.25) is 0 Å². The maximum Gasteiger partial charge on any atom is 0.407 e. The summed E-state index contributed by atoms with van der Waals surface area (Å²) in [6.07, 6.45) is 1.67. The van der Waals surface area contributed by atoms with Gasteiger partial charge < -0.3 is 14.8 Å². The predicted octanol–water partition coefficient (Wildman–Crippen LogP) is 1.98. The molecule has 1 aliphatic carbocycles. The summed E-state index contributed by atoms with van der Waals surface area (Å²) in [7, 11) is 3.04. The molecule has 17 heavy (non-hydrogen) atoms. The fourth-order valence-corrected chi connectivity index (χ4v) is 1.92. The van der Waals surface area contributed by atoms with E-state index >= 15 is 0 Å². The number of amides is 1. The first-order valence-corrected chi connectivity index (χ1v) is 5.70. The van der Waals surface area contributed by atoms with Crippen LogP contribution in [0.3, 0.4) is 0 Å². The summed E-state index contributed by atoms with van der Waals surface area (Å²) in [5, 5.41) is 2.81. The second kappa shape index (κ2) is 5.08. The van der Waals surface area contributed by atoms with Crippen LogP contribution >= 0.6 is 0 Å². The highest BCUT2D eigenvalue weighted by Gasteiger charge is 2.38. The van der Waals surface area contributed by atoms with Crippen LogP contribution in [0.15, 0.2) is 24.3 Å². The number of alkyl carbamates (subject to hydrolysis) is 1. The molecule has 0 spiro atoms. The number of carbonyl (C=O) groups excluding carboxylic acids is 1. The van der Waals surface area contributed by atoms with Crippen molar-refractivity contribution in [2.75, 3.05) is 14.2 Å². The maximum absolute atomic E-state index is 11.0. The third-order valence-electron chi connectivity index (χ3n) is 3.07. The first kappa shape index (κ1) is 11.8. The summed E-state index contributed by atoms with van der Waals surface area (Å²) in [6.45, 7) is 0. The molecule has 4 nitrogen and oxygen atoms in total. The third kappa shape index (κ3) is 3.12. The summed E-state index contributed by atoms with van der Waals surface area (Å²) < 4.78 is 9.67. The van der Waals surface area contributed by atoms with E-state index in [9.17, 15) is 4.79 Å². The predicted molar refractivity (Wildman–Crippen MR) is 64.1 cm³/mol. The molecule has 92 valence electrons. The van der Waals surface area contributed by atoms with Gasteiger partial charge in [-0.25, -0.2) is 4.79 Å². The van der Waals surface area contributed by atoms with E-state index in [4.69, 9.17) is 4.74 Å². The second-order valence-electron chi connectivity index (χ2n) is 4.29. The van der Waals surface area contributed by atoms with Gasteiger partial charge in [-0.1, -0.05) is 12.1 Å². The molecule has 2 atom stereocenters. The van der Waals surface area contributed by atoms with Gasteiger partial charge in [0.1, 0.15) is 5.75 Å². The first-order valence-electron chi connectivity index (χ1n) is 5.70. The van der Waals surface area contributed by atoms with Crippen molar-refractivity contribution < 1.29 is 14.3 Å². The number of carbonyl (C=O) groups is 1. The summed E-state index contributed by atoms with van der Waals surface area (Å²) in [6, 6.07) is 8.31. The largest absolute Gasteiger partial charge is 0.497 e. The lowest BCUT2D eigenvalue weighted by Gasteiger charge is -2.04. The van der Waals surface area contributed by atoms with E-state index < -0.39 is 0 Å². The Morgan fingerprint density at radius 1 is 1.35 bits per heavy atom. The molecule has 0 heterocycles. The molecule has 0 aliphatic heterocycles. The Morgan fingerprint density at radius 3 is 2.65 bits per heavy atom. The number of hydrogen-bond acceptors (Lipinski definition) is 3. The van der Waals surface area contributed by atoms with Crippen molar-refractivity contribution in [2.45, 2.75) is 18.9 Å². The van der Waals surface area contributed by atoms with Crippen LogP contribution in [0.1, 0.15) is 12.0 Å². The van der Waals surface area contributed by atoms with Gasteiger partial charge in [0.05, 0.1) is 14.2 Å². The van der Waals surface area contributed by atoms with Crippen molar-refractivity contribution in [3.8, 4) is 5.75 Å². The molecule has 0 unspecified atom stereocenters. The quantitative estimate of drug-likeness (QED) is 0.868. The zero-order valence-electron chi connectivity index (χ0n) is 10.1. The Bertz CT molecular complexity index is 388. The van der Waals surface area contributed by atoms with E-state index in [-0.39, 0.29) is 12.1 Å². The molecular formula is C13H17NO3. The minimum absolute atomic E-state index is 0.268. The number of benzene rings is 1. The van der Waals surface area contributed by atoms with E-state index in [1.165, 1.54) is 12.7 Å². The molecule has 0 saturated heterocycles. The van der Waals surface area contributed by atoms with Crippen molar-refractivity contribution in [1.82, 2.24) is 5.32 Å². The van der Waals surface area contributed by atoms with Crippen LogP contribution in [0.25, 0.3) is 0 Å². The Hall–Kier alpha value is -1.71. The zero-order chi connectivity index (χ0) is 12.3. The summed E-state index contributed by atoms with van der Waals surface area (Å²) in [5.74, 6) is 1.40. The molecule has 1 aromatic rings. The minimum atomic E-state index is -0.341. The van der Waals surface area contributed by atoms with Crippen LogP contribution in [0.2, 0.25) is 0 Å². The molecule has 1 N–H and O–H groups in total. The van der Waals surface area contributed by atoms with E-state index in [0.29, 0.717) is 5.92 Å². The molecule has 1 fully saturated rings. The highest BCUT2D eigenvalue weighted by molar-refractivity contribution is 5.67. The monoisotopic (exact) mass is 235 g/mol. The number of ether oxygens (including phenoxy) is 2. The van der Waals surface area contributed by atoms with Crippen LogP contribution < -0.4 is 10.1 Å². The van der Waals surface area contributed by atoms with Crippen molar-refractivity contribution in [3.05, 3.63) is 29.8 Å². The standard InChI is InChI=1S/C13H17NO3/c1-16-11-5-3-9(4-6-11)7-10-8-12(10)14-13(15)17-2/h3-6,10,12H,7-8H2,1-2H3,(H,14,15)/t10-,12+/m1/s1. The Balaban J connectivity index is 1.80. The average molecular weight is 235 g/mol. The van der Waals surface area contributed by atoms with Gasteiger partial charge in [-0.05, 0) is 36.5 Å². The summed E-state index contributed by atoms with van der Waals surface area (Å²) in [4.78, 5) is 11.0. The lowest BCUT2D eigenvalue weighted by atomic mass is 10.1. The molecule has 4 heteroatoms. The second-order valence-corrected chi connectivity index (χ2v) is 4.29. The van der Waals surface area contributed by atoms with E-state index in [0.717, 1.165) is 18.6 Å². The van der Waals surface area contributed by atoms with Crippen molar-refractivity contribution >= 4 is 6.09 Å². The van der Waals surface area contributed by atoms with Gasteiger partial charge in [0, 0.05) is 6.04 Å². The Kier molecular flexibility index (Phi) is 3.52. The molecule has 1 aliphatic rings. The van der Waals surface area contributed by atoms with E-state index in [1.54, 1.807) is 7.11 Å². The molecule has 0 aromatic heterocycles. The number of hydrogen-bond donors (Lipinski definition) is 1. The molecular weight excluding hydrogens is 218 g/mol. The van der Waals surface area contributed by atoms with Gasteiger partial charge in [-0.2, -0.15) is 0 Å². The molecule has 1 saturated carbocycles. The summed E-state index contributed by atoms with van der Waals surface area (Å²) >= 11 is 0. The van der Waals surface area contributed by atoms with Gasteiger partial charge in [0.2, 0.25) is 0 Å². The van der Waals surface area contributed by atoms with Gasteiger partial charge in [0.15, 0.2) is 0 Å². The smallest absolute Gasteiger partial charge is 0.407 e. The Morgan fingerprint density at radius 2 is 2.06 bits per heavy atom. The molecule has 0 bridgehead atoms. The van der Waals surface area contributed by atoms with Crippen LogP contribution in [-0.2, 0) is 11.2 Å². The molecule has 2 rings (SSSR count). The lowest BCUT2D eigenvalue weighted by Crippen LogP contribution is -2.26. The average Bonchev–Trinajstić information content (AvgIpc) is 3.08. The van der Waals surface area contributed by atoms with Crippen molar-refractivity contribution in [3.63, 3.8) is 0 Å². The van der Waals surface area contributed by atoms with Crippen LogP contribution in [0.5, 0.6) is 5.75 Å². The number of rotatable bonds is 4. The molecule has 1 amide bonds. The van der Waals surface area contributed by atoms with Gasteiger partial charge >= 0.3 is 6.09 Å². The van der Waals surface area contributed by atoms with Crippen LogP contribution in [-0.4, -0.2) is 26.4 Å². The maximum atomic E-state index is 11.0. The highest BCUT2D eigenvalue weighted by atomic mass is 16.5. The fraction of sp³-hybridized carbons (Fsp3) is 0.462. The normalized spacial score (nSPS) is 21.8. The zero-order valence-corrected chi connectivity index (χ0v) is 10.1.